The Hall–Kier alpha value is -3.02. The molecule has 0 aromatic heterocycles. The van der Waals surface area contributed by atoms with Gasteiger partial charge in [0.25, 0.3) is 0 Å². The van der Waals surface area contributed by atoms with Gasteiger partial charge < -0.3 is 28.4 Å². The van der Waals surface area contributed by atoms with E-state index in [1.807, 2.05) is 105 Å². The first-order valence-corrected chi connectivity index (χ1v) is 13.6. The van der Waals surface area contributed by atoms with E-state index in [1.54, 1.807) is 0 Å². The fourth-order valence-corrected chi connectivity index (χ4v) is 4.35. The Bertz CT molecular complexity index is 1120. The number of hydrogen-bond donors (Lipinski definition) is 0. The minimum absolute atomic E-state index is 0.345. The molecule has 0 radical (unpaired) electrons. The molecular formula is C33H38O6. The Morgan fingerprint density at radius 2 is 1.15 bits per heavy atom. The van der Waals surface area contributed by atoms with Crippen LogP contribution in [0.4, 0.5) is 0 Å². The van der Waals surface area contributed by atoms with Gasteiger partial charge in [-0.3, -0.25) is 0 Å². The van der Waals surface area contributed by atoms with Crippen LogP contribution >= 0.6 is 0 Å². The van der Waals surface area contributed by atoms with Gasteiger partial charge in [-0.2, -0.15) is 0 Å². The number of rotatable bonds is 14. The van der Waals surface area contributed by atoms with Gasteiger partial charge in [-0.05, 0) is 36.5 Å². The van der Waals surface area contributed by atoms with E-state index in [9.17, 15) is 0 Å². The zero-order chi connectivity index (χ0) is 27.1. The molecule has 4 rings (SSSR count). The molecule has 6 heteroatoms. The lowest BCUT2D eigenvalue weighted by molar-refractivity contribution is -0.0974. The van der Waals surface area contributed by atoms with Crippen molar-refractivity contribution in [2.24, 2.45) is 0 Å². The first-order chi connectivity index (χ1) is 19.3. The van der Waals surface area contributed by atoms with Crippen LogP contribution in [0.25, 0.3) is 0 Å². The second kappa shape index (κ2) is 16.2. The summed E-state index contributed by atoms with van der Waals surface area (Å²) in [6, 6.07) is 30.2. The Balaban J connectivity index is 1.53. The third-order valence-electron chi connectivity index (χ3n) is 6.25. The molecule has 1 aliphatic rings. The molecule has 0 saturated carbocycles. The summed E-state index contributed by atoms with van der Waals surface area (Å²) in [7, 11) is 0. The van der Waals surface area contributed by atoms with Crippen LogP contribution in [0.15, 0.2) is 91.0 Å². The average Bonchev–Trinajstić information content (AvgIpc) is 3.31. The molecule has 1 fully saturated rings. The Morgan fingerprint density at radius 1 is 0.667 bits per heavy atom. The van der Waals surface area contributed by atoms with Crippen molar-refractivity contribution in [2.75, 3.05) is 19.8 Å². The van der Waals surface area contributed by atoms with E-state index >= 15 is 0 Å². The van der Waals surface area contributed by atoms with E-state index in [0.29, 0.717) is 39.6 Å². The molecule has 1 heterocycles. The van der Waals surface area contributed by atoms with Gasteiger partial charge in [0.2, 0.25) is 6.29 Å². The highest BCUT2D eigenvalue weighted by Crippen LogP contribution is 2.29. The number of benzene rings is 3. The van der Waals surface area contributed by atoms with Crippen LogP contribution in [0, 0.1) is 11.8 Å². The predicted molar refractivity (Wildman–Crippen MR) is 150 cm³/mol. The molecule has 206 valence electrons. The smallest absolute Gasteiger partial charge is 0.222 e. The summed E-state index contributed by atoms with van der Waals surface area (Å²) in [5, 5.41) is 0. The molecule has 4 atom stereocenters. The van der Waals surface area contributed by atoms with Crippen LogP contribution in [-0.4, -0.2) is 50.5 Å². The molecule has 39 heavy (non-hydrogen) atoms. The van der Waals surface area contributed by atoms with E-state index in [1.165, 1.54) is 0 Å². The van der Waals surface area contributed by atoms with Crippen molar-refractivity contribution in [1.29, 1.82) is 0 Å². The van der Waals surface area contributed by atoms with Crippen molar-refractivity contribution in [3.63, 3.8) is 0 Å². The van der Waals surface area contributed by atoms with Crippen molar-refractivity contribution < 1.29 is 28.4 Å². The van der Waals surface area contributed by atoms with Gasteiger partial charge in [-0.15, -0.1) is 0 Å². The van der Waals surface area contributed by atoms with Crippen LogP contribution < -0.4 is 0 Å². The molecule has 3 aromatic carbocycles. The van der Waals surface area contributed by atoms with Gasteiger partial charge >= 0.3 is 0 Å². The molecule has 0 unspecified atom stereocenters. The standard InChI is InChI=1S/C33H38O6/c1-3-35-31(36-4-2)21-20-29-32(37-23-27-16-10-6-11-17-27)33(38-24-28-18-12-7-13-19-28)30(39-29)25-34-22-26-14-8-5-9-15-26/h5-19,29-33H,3-4,22-25H2,1-2H3/t29-,30+,32-,33+/m0/s1. The lowest BCUT2D eigenvalue weighted by Gasteiger charge is -2.24. The molecular weight excluding hydrogens is 492 g/mol. The zero-order valence-electron chi connectivity index (χ0n) is 22.7. The average molecular weight is 531 g/mol. The first-order valence-electron chi connectivity index (χ1n) is 13.6. The number of ether oxygens (including phenoxy) is 6. The molecule has 0 bridgehead atoms. The zero-order valence-corrected chi connectivity index (χ0v) is 22.7. The van der Waals surface area contributed by atoms with Crippen LogP contribution in [0.3, 0.4) is 0 Å². The Labute approximate surface area is 232 Å². The first kappa shape index (κ1) is 29.0. The highest BCUT2D eigenvalue weighted by Gasteiger charge is 2.46. The molecule has 1 aliphatic heterocycles. The second-order valence-electron chi connectivity index (χ2n) is 9.15. The maximum atomic E-state index is 6.48. The molecule has 3 aromatic rings. The molecule has 0 aliphatic carbocycles. The molecule has 0 N–H and O–H groups in total. The fourth-order valence-electron chi connectivity index (χ4n) is 4.35. The van der Waals surface area contributed by atoms with Crippen molar-refractivity contribution >= 4 is 0 Å². The third-order valence-corrected chi connectivity index (χ3v) is 6.25. The third kappa shape index (κ3) is 9.29. The van der Waals surface area contributed by atoms with Crippen LogP contribution in [0.2, 0.25) is 0 Å². The second-order valence-corrected chi connectivity index (χ2v) is 9.15. The van der Waals surface area contributed by atoms with Gasteiger partial charge in [0.1, 0.15) is 24.4 Å². The van der Waals surface area contributed by atoms with E-state index in [0.717, 1.165) is 16.7 Å². The highest BCUT2D eigenvalue weighted by molar-refractivity contribution is 5.18. The summed E-state index contributed by atoms with van der Waals surface area (Å²) in [5.41, 5.74) is 3.24. The minimum atomic E-state index is -0.629. The molecule has 0 spiro atoms. The van der Waals surface area contributed by atoms with E-state index in [-0.39, 0.29) is 12.2 Å². The SMILES string of the molecule is CCOC(C#C[C@@H]1O[C@H](COCc2ccccc2)[C@@H](OCc2ccccc2)[C@H]1OCc1ccccc1)OCC. The largest absolute Gasteiger partial charge is 0.374 e. The predicted octanol–water partition coefficient (Wildman–Crippen LogP) is 5.54. The lowest BCUT2D eigenvalue weighted by atomic mass is 10.1. The van der Waals surface area contributed by atoms with Crippen LogP contribution in [-0.2, 0) is 48.2 Å². The number of hydrogen-bond acceptors (Lipinski definition) is 6. The summed E-state index contributed by atoms with van der Waals surface area (Å²) in [6.45, 7) is 6.49. The maximum Gasteiger partial charge on any atom is 0.222 e. The van der Waals surface area contributed by atoms with Crippen molar-refractivity contribution in [2.45, 2.75) is 64.4 Å². The normalized spacial score (nSPS) is 20.6. The van der Waals surface area contributed by atoms with Gasteiger partial charge in [0, 0.05) is 13.2 Å². The van der Waals surface area contributed by atoms with Gasteiger partial charge in [-0.1, -0.05) is 96.9 Å². The van der Waals surface area contributed by atoms with Gasteiger partial charge in [0.15, 0.2) is 0 Å². The summed E-state index contributed by atoms with van der Waals surface area (Å²) >= 11 is 0. The van der Waals surface area contributed by atoms with Crippen molar-refractivity contribution in [3.05, 3.63) is 108 Å². The molecule has 6 nitrogen and oxygen atoms in total. The van der Waals surface area contributed by atoms with Crippen molar-refractivity contribution in [1.82, 2.24) is 0 Å². The summed E-state index contributed by atoms with van der Waals surface area (Å²) in [6.07, 6.45) is -2.36. The quantitative estimate of drug-likeness (QED) is 0.201. The Kier molecular flexibility index (Phi) is 12.0. The Morgan fingerprint density at radius 3 is 1.67 bits per heavy atom. The summed E-state index contributed by atoms with van der Waals surface area (Å²) < 4.78 is 36.7. The molecule has 0 amide bonds. The molecule has 1 saturated heterocycles. The highest BCUT2D eigenvalue weighted by atomic mass is 16.7. The van der Waals surface area contributed by atoms with E-state index < -0.39 is 18.5 Å². The monoisotopic (exact) mass is 530 g/mol. The van der Waals surface area contributed by atoms with Gasteiger partial charge in [-0.25, -0.2) is 0 Å². The van der Waals surface area contributed by atoms with E-state index in [2.05, 4.69) is 11.8 Å². The maximum absolute atomic E-state index is 6.48. The topological polar surface area (TPSA) is 55.4 Å². The van der Waals surface area contributed by atoms with Gasteiger partial charge in [0.05, 0.1) is 26.4 Å². The van der Waals surface area contributed by atoms with Crippen molar-refractivity contribution in [3.8, 4) is 11.8 Å². The summed E-state index contributed by atoms with van der Waals surface area (Å²) in [5.74, 6) is 6.31. The van der Waals surface area contributed by atoms with Crippen LogP contribution in [0.1, 0.15) is 30.5 Å². The lowest BCUT2D eigenvalue weighted by Crippen LogP contribution is -2.39. The van der Waals surface area contributed by atoms with E-state index in [4.69, 9.17) is 28.4 Å². The fraction of sp³-hybridized carbons (Fsp3) is 0.394. The van der Waals surface area contributed by atoms with Crippen LogP contribution in [0.5, 0.6) is 0 Å². The summed E-state index contributed by atoms with van der Waals surface area (Å²) in [4.78, 5) is 0. The minimum Gasteiger partial charge on any atom is -0.374 e.